The molecule has 1 aromatic rings. The van der Waals surface area contributed by atoms with Crippen molar-refractivity contribution in [3.63, 3.8) is 0 Å². The van der Waals surface area contributed by atoms with Crippen molar-refractivity contribution in [1.82, 2.24) is 15.2 Å². The summed E-state index contributed by atoms with van der Waals surface area (Å²) in [6, 6.07) is 4.56. The molecular weight excluding hydrogens is 248 g/mol. The van der Waals surface area contributed by atoms with Gasteiger partial charge in [-0.25, -0.2) is 4.98 Å². The molecule has 20 heavy (non-hydrogen) atoms. The van der Waals surface area contributed by atoms with Crippen LogP contribution in [0.1, 0.15) is 38.3 Å². The van der Waals surface area contributed by atoms with Gasteiger partial charge < -0.3 is 15.1 Å². The molecule has 0 aromatic carbocycles. The van der Waals surface area contributed by atoms with Crippen molar-refractivity contribution in [1.29, 1.82) is 0 Å². The summed E-state index contributed by atoms with van der Waals surface area (Å²) < 4.78 is 0. The minimum atomic E-state index is 0.345. The van der Waals surface area contributed by atoms with Crippen molar-refractivity contribution in [2.24, 2.45) is 0 Å². The van der Waals surface area contributed by atoms with Crippen molar-refractivity contribution in [3.8, 4) is 0 Å². The zero-order chi connectivity index (χ0) is 14.4. The molecule has 1 aromatic heterocycles. The number of likely N-dealkylation sites (tertiary alicyclic amines) is 1. The summed E-state index contributed by atoms with van der Waals surface area (Å²) in [7, 11) is 2.15. The Kier molecular flexibility index (Phi) is 5.80. The topological polar surface area (TPSA) is 31.4 Å². The molecule has 0 aliphatic carbocycles. The van der Waals surface area contributed by atoms with Crippen LogP contribution in [0.5, 0.6) is 0 Å². The Labute approximate surface area is 123 Å². The SMILES string of the molecule is CCNC(C)c1cccnc1N(C)CCN1CCCC1. The van der Waals surface area contributed by atoms with Crippen LogP contribution in [0.3, 0.4) is 0 Å². The predicted molar refractivity (Wildman–Crippen MR) is 85.3 cm³/mol. The lowest BCUT2D eigenvalue weighted by molar-refractivity contribution is 0.346. The van der Waals surface area contributed by atoms with Gasteiger partial charge >= 0.3 is 0 Å². The number of likely N-dealkylation sites (N-methyl/N-ethyl adjacent to an activating group) is 1. The van der Waals surface area contributed by atoms with Gasteiger partial charge in [0.1, 0.15) is 5.82 Å². The minimum Gasteiger partial charge on any atom is -0.358 e. The van der Waals surface area contributed by atoms with Gasteiger partial charge in [-0.3, -0.25) is 0 Å². The number of pyridine rings is 1. The highest BCUT2D eigenvalue weighted by Crippen LogP contribution is 2.22. The highest BCUT2D eigenvalue weighted by molar-refractivity contribution is 5.47. The lowest BCUT2D eigenvalue weighted by Crippen LogP contribution is -2.33. The van der Waals surface area contributed by atoms with Gasteiger partial charge in [0, 0.05) is 37.9 Å². The molecule has 1 unspecified atom stereocenters. The van der Waals surface area contributed by atoms with Gasteiger partial charge in [-0.05, 0) is 45.5 Å². The van der Waals surface area contributed by atoms with Crippen LogP contribution in [0.4, 0.5) is 5.82 Å². The Hall–Kier alpha value is -1.13. The Balaban J connectivity index is 1.98. The molecule has 4 heteroatoms. The van der Waals surface area contributed by atoms with Crippen molar-refractivity contribution in [3.05, 3.63) is 23.9 Å². The molecule has 1 fully saturated rings. The summed E-state index contributed by atoms with van der Waals surface area (Å²) in [6.07, 6.45) is 4.61. The van der Waals surface area contributed by atoms with Gasteiger partial charge in [0.2, 0.25) is 0 Å². The van der Waals surface area contributed by atoms with Crippen molar-refractivity contribution in [2.75, 3.05) is 44.7 Å². The van der Waals surface area contributed by atoms with E-state index in [2.05, 4.69) is 47.1 Å². The van der Waals surface area contributed by atoms with E-state index < -0.39 is 0 Å². The van der Waals surface area contributed by atoms with Crippen molar-refractivity contribution < 1.29 is 0 Å². The summed E-state index contributed by atoms with van der Waals surface area (Å²) in [6.45, 7) is 10.0. The molecule has 0 spiro atoms. The number of anilines is 1. The summed E-state index contributed by atoms with van der Waals surface area (Å²) in [5, 5.41) is 3.48. The molecule has 1 saturated heterocycles. The molecule has 0 saturated carbocycles. The van der Waals surface area contributed by atoms with Crippen LogP contribution in [0.15, 0.2) is 18.3 Å². The molecule has 1 aliphatic heterocycles. The third-order valence-electron chi connectivity index (χ3n) is 4.11. The molecule has 0 bridgehead atoms. The highest BCUT2D eigenvalue weighted by atomic mass is 15.2. The van der Waals surface area contributed by atoms with E-state index in [0.29, 0.717) is 6.04 Å². The standard InChI is InChI=1S/C16H28N4/c1-4-17-14(2)15-8-7-9-18-16(15)19(3)12-13-20-10-5-6-11-20/h7-9,14,17H,4-6,10-13H2,1-3H3. The first-order valence-corrected chi connectivity index (χ1v) is 7.84. The third kappa shape index (κ3) is 3.93. The first-order valence-electron chi connectivity index (χ1n) is 7.84. The molecule has 0 amide bonds. The molecule has 0 radical (unpaired) electrons. The van der Waals surface area contributed by atoms with E-state index in [0.717, 1.165) is 25.5 Å². The van der Waals surface area contributed by atoms with E-state index in [1.54, 1.807) is 0 Å². The van der Waals surface area contributed by atoms with Crippen LogP contribution in [0, 0.1) is 0 Å². The maximum Gasteiger partial charge on any atom is 0.133 e. The molecule has 2 heterocycles. The lowest BCUT2D eigenvalue weighted by atomic mass is 10.1. The molecule has 1 N–H and O–H groups in total. The average molecular weight is 276 g/mol. The first-order chi connectivity index (χ1) is 9.72. The maximum absolute atomic E-state index is 4.59. The van der Waals surface area contributed by atoms with Crippen LogP contribution < -0.4 is 10.2 Å². The molecule has 112 valence electrons. The lowest BCUT2D eigenvalue weighted by Gasteiger charge is -2.26. The molecule has 1 atom stereocenters. The van der Waals surface area contributed by atoms with E-state index in [-0.39, 0.29) is 0 Å². The van der Waals surface area contributed by atoms with Crippen LogP contribution in [-0.2, 0) is 0 Å². The van der Waals surface area contributed by atoms with Crippen LogP contribution in [0.2, 0.25) is 0 Å². The van der Waals surface area contributed by atoms with Crippen molar-refractivity contribution >= 4 is 5.82 Å². The van der Waals surface area contributed by atoms with Crippen molar-refractivity contribution in [2.45, 2.75) is 32.7 Å². The Morgan fingerprint density at radius 2 is 2.15 bits per heavy atom. The van der Waals surface area contributed by atoms with Crippen LogP contribution in [0.25, 0.3) is 0 Å². The third-order valence-corrected chi connectivity index (χ3v) is 4.11. The van der Waals surface area contributed by atoms with Gasteiger partial charge in [-0.15, -0.1) is 0 Å². The second-order valence-electron chi connectivity index (χ2n) is 5.67. The number of hydrogen-bond donors (Lipinski definition) is 1. The Morgan fingerprint density at radius 1 is 1.40 bits per heavy atom. The van der Waals surface area contributed by atoms with Crippen LogP contribution in [-0.4, -0.2) is 49.7 Å². The smallest absolute Gasteiger partial charge is 0.133 e. The van der Waals surface area contributed by atoms with Gasteiger partial charge in [0.05, 0.1) is 0 Å². The van der Waals surface area contributed by atoms with E-state index in [9.17, 15) is 0 Å². The molecule has 2 rings (SSSR count). The molecule has 4 nitrogen and oxygen atoms in total. The van der Waals surface area contributed by atoms with Gasteiger partial charge in [0.25, 0.3) is 0 Å². The van der Waals surface area contributed by atoms with E-state index >= 15 is 0 Å². The fourth-order valence-corrected chi connectivity index (χ4v) is 2.89. The monoisotopic (exact) mass is 276 g/mol. The number of nitrogens with one attached hydrogen (secondary N) is 1. The maximum atomic E-state index is 4.59. The quantitative estimate of drug-likeness (QED) is 0.828. The zero-order valence-electron chi connectivity index (χ0n) is 13.1. The summed E-state index contributed by atoms with van der Waals surface area (Å²) in [5.41, 5.74) is 1.29. The number of rotatable bonds is 7. The van der Waals surface area contributed by atoms with E-state index in [4.69, 9.17) is 0 Å². The van der Waals surface area contributed by atoms with E-state index in [1.165, 1.54) is 31.5 Å². The molecular formula is C16H28N4. The fourth-order valence-electron chi connectivity index (χ4n) is 2.89. The number of aromatic nitrogens is 1. The summed E-state index contributed by atoms with van der Waals surface area (Å²) in [5.74, 6) is 1.11. The number of nitrogens with zero attached hydrogens (tertiary/aromatic N) is 3. The van der Waals surface area contributed by atoms with Gasteiger partial charge in [0.15, 0.2) is 0 Å². The van der Waals surface area contributed by atoms with Crippen LogP contribution >= 0.6 is 0 Å². The highest BCUT2D eigenvalue weighted by Gasteiger charge is 2.16. The summed E-state index contributed by atoms with van der Waals surface area (Å²) >= 11 is 0. The molecule has 1 aliphatic rings. The average Bonchev–Trinajstić information content (AvgIpc) is 2.98. The fraction of sp³-hybridized carbons (Fsp3) is 0.688. The Morgan fingerprint density at radius 3 is 2.85 bits per heavy atom. The second-order valence-corrected chi connectivity index (χ2v) is 5.67. The zero-order valence-corrected chi connectivity index (χ0v) is 13.1. The van der Waals surface area contributed by atoms with Gasteiger partial charge in [-0.1, -0.05) is 13.0 Å². The first kappa shape index (κ1) is 15.3. The Bertz CT molecular complexity index is 401. The predicted octanol–water partition coefficient (Wildman–Crippen LogP) is 2.28. The van der Waals surface area contributed by atoms with E-state index in [1.807, 2.05) is 12.3 Å². The van der Waals surface area contributed by atoms with Gasteiger partial charge in [-0.2, -0.15) is 0 Å². The number of hydrogen-bond acceptors (Lipinski definition) is 4. The minimum absolute atomic E-state index is 0.345. The normalized spacial score (nSPS) is 17.4. The largest absolute Gasteiger partial charge is 0.358 e. The summed E-state index contributed by atoms with van der Waals surface area (Å²) in [4.78, 5) is 9.44. The second kappa shape index (κ2) is 7.60.